The minimum atomic E-state index is -3.13. The monoisotopic (exact) mass is 317 g/mol. The van der Waals surface area contributed by atoms with Crippen molar-refractivity contribution in [3.63, 3.8) is 0 Å². The van der Waals surface area contributed by atoms with Crippen LogP contribution in [0.3, 0.4) is 0 Å². The number of piperazine rings is 1. The molecular weight excluding hydrogens is 298 g/mol. The Morgan fingerprint density at radius 1 is 1.45 bits per heavy atom. The lowest BCUT2D eigenvalue weighted by Crippen LogP contribution is -2.48. The highest BCUT2D eigenvalue weighted by Crippen LogP contribution is 2.27. The van der Waals surface area contributed by atoms with Crippen LogP contribution in [0.5, 0.6) is 0 Å². The molecule has 7 heteroatoms. The number of nitrogens with one attached hydrogen (secondary N) is 2. The van der Waals surface area contributed by atoms with E-state index in [-0.39, 0.29) is 6.04 Å². The van der Waals surface area contributed by atoms with Crippen LogP contribution in [0, 0.1) is 0 Å². The first-order valence-corrected chi connectivity index (χ1v) is 8.88. The number of rotatable bonds is 5. The zero-order chi connectivity index (χ0) is 14.6. The molecule has 1 aliphatic rings. The summed E-state index contributed by atoms with van der Waals surface area (Å²) in [6.07, 6.45) is 1.18. The molecule has 1 aromatic carbocycles. The summed E-state index contributed by atoms with van der Waals surface area (Å²) in [4.78, 5) is 2.26. The normalized spacial score (nSPS) is 21.0. The molecular formula is C13H20ClN3O2S. The molecule has 0 radical (unpaired) electrons. The average molecular weight is 318 g/mol. The molecule has 5 nitrogen and oxygen atoms in total. The Kier molecular flexibility index (Phi) is 5.40. The Bertz CT molecular complexity index is 550. The molecule has 0 amide bonds. The molecule has 1 unspecified atom stereocenters. The van der Waals surface area contributed by atoms with Gasteiger partial charge in [-0.05, 0) is 11.6 Å². The van der Waals surface area contributed by atoms with Crippen LogP contribution >= 0.6 is 11.6 Å². The van der Waals surface area contributed by atoms with E-state index >= 15 is 0 Å². The van der Waals surface area contributed by atoms with Crippen molar-refractivity contribution in [3.8, 4) is 0 Å². The molecule has 112 valence electrons. The number of nitrogens with zero attached hydrogens (tertiary/aromatic N) is 1. The molecule has 2 rings (SSSR count). The number of sulfonamides is 1. The second kappa shape index (κ2) is 6.87. The van der Waals surface area contributed by atoms with Gasteiger partial charge in [0.15, 0.2) is 0 Å². The van der Waals surface area contributed by atoms with Gasteiger partial charge in [-0.15, -0.1) is 0 Å². The van der Waals surface area contributed by atoms with Gasteiger partial charge in [0, 0.05) is 43.8 Å². The molecule has 1 fully saturated rings. The van der Waals surface area contributed by atoms with E-state index in [4.69, 9.17) is 11.6 Å². The van der Waals surface area contributed by atoms with E-state index < -0.39 is 10.0 Å². The van der Waals surface area contributed by atoms with E-state index in [1.807, 2.05) is 24.3 Å². The van der Waals surface area contributed by atoms with E-state index in [1.54, 1.807) is 0 Å². The summed E-state index contributed by atoms with van der Waals surface area (Å²) in [7, 11) is -3.13. The summed E-state index contributed by atoms with van der Waals surface area (Å²) in [6.45, 7) is 3.69. The Labute approximate surface area is 125 Å². The minimum Gasteiger partial charge on any atom is -0.314 e. The first kappa shape index (κ1) is 15.7. The number of hydrogen-bond acceptors (Lipinski definition) is 4. The predicted molar refractivity (Wildman–Crippen MR) is 81.5 cm³/mol. The first-order chi connectivity index (χ1) is 9.47. The van der Waals surface area contributed by atoms with Crippen molar-refractivity contribution in [1.29, 1.82) is 0 Å². The van der Waals surface area contributed by atoms with Crippen LogP contribution in [0.15, 0.2) is 24.3 Å². The first-order valence-electron chi connectivity index (χ1n) is 6.61. The highest BCUT2D eigenvalue weighted by Gasteiger charge is 2.24. The molecule has 20 heavy (non-hydrogen) atoms. The fourth-order valence-electron chi connectivity index (χ4n) is 2.44. The third-order valence-corrected chi connectivity index (χ3v) is 4.45. The quantitative estimate of drug-likeness (QED) is 0.844. The highest BCUT2D eigenvalue weighted by molar-refractivity contribution is 7.88. The lowest BCUT2D eigenvalue weighted by Gasteiger charge is -2.36. The fourth-order valence-corrected chi connectivity index (χ4v) is 3.16. The van der Waals surface area contributed by atoms with Crippen molar-refractivity contribution in [2.45, 2.75) is 6.04 Å². The van der Waals surface area contributed by atoms with Gasteiger partial charge in [-0.1, -0.05) is 29.8 Å². The van der Waals surface area contributed by atoms with Crippen molar-refractivity contribution in [3.05, 3.63) is 34.9 Å². The van der Waals surface area contributed by atoms with Gasteiger partial charge in [-0.25, -0.2) is 13.1 Å². The molecule has 0 saturated carbocycles. The smallest absolute Gasteiger partial charge is 0.208 e. The maximum absolute atomic E-state index is 11.1. The van der Waals surface area contributed by atoms with Gasteiger partial charge in [0.2, 0.25) is 10.0 Å². The molecule has 1 saturated heterocycles. The van der Waals surface area contributed by atoms with Gasteiger partial charge in [-0.2, -0.15) is 0 Å². The summed E-state index contributed by atoms with van der Waals surface area (Å²) in [5.74, 6) is 0. The number of benzene rings is 1. The Morgan fingerprint density at radius 3 is 2.90 bits per heavy atom. The maximum Gasteiger partial charge on any atom is 0.208 e. The SMILES string of the molecule is CS(=O)(=O)NCCN1CCNCC1c1ccccc1Cl. The van der Waals surface area contributed by atoms with Crippen molar-refractivity contribution < 1.29 is 8.42 Å². The number of halogens is 1. The largest absolute Gasteiger partial charge is 0.314 e. The molecule has 2 N–H and O–H groups in total. The third-order valence-electron chi connectivity index (χ3n) is 3.38. The van der Waals surface area contributed by atoms with Crippen LogP contribution in [-0.2, 0) is 10.0 Å². The lowest BCUT2D eigenvalue weighted by atomic mass is 10.0. The van der Waals surface area contributed by atoms with Gasteiger partial charge in [0.1, 0.15) is 0 Å². The van der Waals surface area contributed by atoms with Crippen molar-refractivity contribution in [2.75, 3.05) is 39.0 Å². The van der Waals surface area contributed by atoms with Gasteiger partial charge >= 0.3 is 0 Å². The van der Waals surface area contributed by atoms with E-state index in [0.717, 1.165) is 30.2 Å². The molecule has 1 aliphatic heterocycles. The minimum absolute atomic E-state index is 0.179. The molecule has 0 aliphatic carbocycles. The second-order valence-corrected chi connectivity index (χ2v) is 7.18. The van der Waals surface area contributed by atoms with Crippen LogP contribution in [0.1, 0.15) is 11.6 Å². The van der Waals surface area contributed by atoms with E-state index in [2.05, 4.69) is 14.9 Å². The average Bonchev–Trinajstić information content (AvgIpc) is 2.39. The molecule has 1 heterocycles. The zero-order valence-electron chi connectivity index (χ0n) is 11.5. The van der Waals surface area contributed by atoms with E-state index in [0.29, 0.717) is 13.1 Å². The Balaban J connectivity index is 2.04. The Morgan fingerprint density at radius 2 is 2.20 bits per heavy atom. The van der Waals surface area contributed by atoms with Crippen LogP contribution in [0.2, 0.25) is 5.02 Å². The lowest BCUT2D eigenvalue weighted by molar-refractivity contribution is 0.165. The summed E-state index contributed by atoms with van der Waals surface area (Å²) in [5.41, 5.74) is 1.08. The fraction of sp³-hybridized carbons (Fsp3) is 0.538. The predicted octanol–water partition coefficient (Wildman–Crippen LogP) is 0.836. The maximum atomic E-state index is 11.1. The molecule has 1 aromatic rings. The van der Waals surface area contributed by atoms with Crippen molar-refractivity contribution >= 4 is 21.6 Å². The summed E-state index contributed by atoms with van der Waals surface area (Å²) < 4.78 is 24.8. The zero-order valence-corrected chi connectivity index (χ0v) is 13.0. The topological polar surface area (TPSA) is 61.4 Å². The van der Waals surface area contributed by atoms with Gasteiger partial charge in [0.25, 0.3) is 0 Å². The van der Waals surface area contributed by atoms with Crippen LogP contribution in [0.4, 0.5) is 0 Å². The van der Waals surface area contributed by atoms with E-state index in [1.165, 1.54) is 6.26 Å². The Hall–Kier alpha value is -0.660. The van der Waals surface area contributed by atoms with Gasteiger partial charge in [0.05, 0.1) is 6.26 Å². The molecule has 0 aromatic heterocycles. The van der Waals surface area contributed by atoms with Gasteiger partial charge in [-0.3, -0.25) is 4.90 Å². The third kappa shape index (κ3) is 4.43. The molecule has 0 spiro atoms. The molecule has 1 atom stereocenters. The van der Waals surface area contributed by atoms with Crippen molar-refractivity contribution in [1.82, 2.24) is 14.9 Å². The van der Waals surface area contributed by atoms with Gasteiger partial charge < -0.3 is 5.32 Å². The van der Waals surface area contributed by atoms with Crippen LogP contribution in [-0.4, -0.2) is 52.3 Å². The molecule has 0 bridgehead atoms. The van der Waals surface area contributed by atoms with E-state index in [9.17, 15) is 8.42 Å². The highest BCUT2D eigenvalue weighted by atomic mass is 35.5. The van der Waals surface area contributed by atoms with Crippen LogP contribution < -0.4 is 10.0 Å². The van der Waals surface area contributed by atoms with Crippen LogP contribution in [0.25, 0.3) is 0 Å². The summed E-state index contributed by atoms with van der Waals surface area (Å²) in [5, 5.41) is 4.11. The van der Waals surface area contributed by atoms with Crippen molar-refractivity contribution in [2.24, 2.45) is 0 Å². The summed E-state index contributed by atoms with van der Waals surface area (Å²) >= 11 is 6.26. The standard InChI is InChI=1S/C13H20ClN3O2S/c1-20(18,19)16-7-9-17-8-6-15-10-13(17)11-4-2-3-5-12(11)14/h2-5,13,15-16H,6-10H2,1H3. The summed E-state index contributed by atoms with van der Waals surface area (Å²) in [6, 6.07) is 7.98. The number of hydrogen-bond donors (Lipinski definition) is 2. The second-order valence-electron chi connectivity index (χ2n) is 4.94.